The maximum absolute atomic E-state index is 5.61. The van der Waals surface area contributed by atoms with E-state index in [1.54, 1.807) is 22.7 Å². The van der Waals surface area contributed by atoms with Gasteiger partial charge in [-0.05, 0) is 23.6 Å². The highest BCUT2D eigenvalue weighted by Gasteiger charge is 1.96. The Morgan fingerprint density at radius 1 is 1.31 bits per heavy atom. The zero-order chi connectivity index (χ0) is 9.10. The van der Waals surface area contributed by atoms with Crippen LogP contribution < -0.4 is 11.1 Å². The fourth-order valence-corrected chi connectivity index (χ4v) is 2.35. The zero-order valence-corrected chi connectivity index (χ0v) is 8.62. The maximum atomic E-state index is 5.61. The van der Waals surface area contributed by atoms with Crippen molar-refractivity contribution in [3.05, 3.63) is 34.5 Å². The van der Waals surface area contributed by atoms with Crippen molar-refractivity contribution in [2.45, 2.75) is 6.54 Å². The fraction of sp³-hybridized carbons (Fsp3) is 0.111. The van der Waals surface area contributed by atoms with Crippen LogP contribution in [-0.2, 0) is 6.54 Å². The minimum absolute atomic E-state index is 0.855. The highest BCUT2D eigenvalue weighted by atomic mass is 32.1. The Labute approximate surface area is 85.0 Å². The van der Waals surface area contributed by atoms with E-state index < -0.39 is 0 Å². The van der Waals surface area contributed by atoms with Crippen molar-refractivity contribution in [3.63, 3.8) is 0 Å². The fourth-order valence-electron chi connectivity index (χ4n) is 1.04. The molecule has 0 spiro atoms. The van der Waals surface area contributed by atoms with E-state index in [1.165, 1.54) is 4.88 Å². The molecule has 0 saturated heterocycles. The third-order valence-corrected chi connectivity index (χ3v) is 3.39. The van der Waals surface area contributed by atoms with Crippen LogP contribution >= 0.6 is 22.7 Å². The first-order chi connectivity index (χ1) is 6.34. The largest absolute Gasteiger partial charge is 0.391 e. The van der Waals surface area contributed by atoms with Gasteiger partial charge >= 0.3 is 0 Å². The molecule has 2 rings (SSSR count). The monoisotopic (exact) mass is 210 g/mol. The highest BCUT2D eigenvalue weighted by molar-refractivity contribution is 7.19. The van der Waals surface area contributed by atoms with Crippen LogP contribution in [0.4, 0.5) is 10.0 Å². The molecular formula is C9H10N2S2. The normalized spacial score (nSPS) is 10.2. The van der Waals surface area contributed by atoms with Crippen LogP contribution in [0.25, 0.3) is 0 Å². The van der Waals surface area contributed by atoms with Gasteiger partial charge in [-0.1, -0.05) is 6.07 Å². The molecule has 0 aliphatic heterocycles. The first kappa shape index (κ1) is 8.59. The molecule has 0 bridgehead atoms. The lowest BCUT2D eigenvalue weighted by Gasteiger charge is -1.99. The molecule has 3 N–H and O–H groups in total. The van der Waals surface area contributed by atoms with Crippen molar-refractivity contribution in [1.29, 1.82) is 0 Å². The molecule has 0 aliphatic carbocycles. The predicted molar refractivity (Wildman–Crippen MR) is 60.4 cm³/mol. The number of nitrogens with one attached hydrogen (secondary N) is 1. The van der Waals surface area contributed by atoms with Crippen LogP contribution in [0.5, 0.6) is 0 Å². The lowest BCUT2D eigenvalue weighted by molar-refractivity contribution is 1.21. The van der Waals surface area contributed by atoms with Gasteiger partial charge in [0.1, 0.15) is 0 Å². The Balaban J connectivity index is 1.93. The molecule has 0 unspecified atom stereocenters. The Morgan fingerprint density at radius 2 is 2.23 bits per heavy atom. The lowest BCUT2D eigenvalue weighted by Crippen LogP contribution is -1.94. The number of nitrogens with two attached hydrogens (primary N) is 1. The SMILES string of the molecule is Nc1ccc(NCc2cccs2)s1. The van der Waals surface area contributed by atoms with Crippen molar-refractivity contribution in [3.8, 4) is 0 Å². The summed E-state index contributed by atoms with van der Waals surface area (Å²) in [5, 5.41) is 7.39. The number of nitrogen functional groups attached to an aromatic ring is 1. The summed E-state index contributed by atoms with van der Waals surface area (Å²) < 4.78 is 0. The molecule has 13 heavy (non-hydrogen) atoms. The summed E-state index contributed by atoms with van der Waals surface area (Å²) in [7, 11) is 0. The molecule has 68 valence electrons. The van der Waals surface area contributed by atoms with Gasteiger partial charge in [-0.25, -0.2) is 0 Å². The van der Waals surface area contributed by atoms with Gasteiger partial charge in [0.2, 0.25) is 0 Å². The summed E-state index contributed by atoms with van der Waals surface area (Å²) in [6.45, 7) is 0.887. The topological polar surface area (TPSA) is 38.0 Å². The van der Waals surface area contributed by atoms with Gasteiger partial charge in [-0.2, -0.15) is 0 Å². The van der Waals surface area contributed by atoms with Gasteiger partial charge < -0.3 is 11.1 Å². The van der Waals surface area contributed by atoms with Gasteiger partial charge in [0.15, 0.2) is 0 Å². The Morgan fingerprint density at radius 3 is 2.85 bits per heavy atom. The van der Waals surface area contributed by atoms with Gasteiger partial charge in [-0.3, -0.25) is 0 Å². The second-order valence-electron chi connectivity index (χ2n) is 2.63. The minimum atomic E-state index is 0.855. The van der Waals surface area contributed by atoms with Crippen molar-refractivity contribution >= 4 is 32.7 Å². The molecule has 2 aromatic rings. The van der Waals surface area contributed by atoms with E-state index in [0.29, 0.717) is 0 Å². The highest BCUT2D eigenvalue weighted by Crippen LogP contribution is 2.24. The van der Waals surface area contributed by atoms with Crippen molar-refractivity contribution in [2.24, 2.45) is 0 Å². The third-order valence-electron chi connectivity index (χ3n) is 1.64. The Kier molecular flexibility index (Phi) is 2.52. The summed E-state index contributed by atoms with van der Waals surface area (Å²) in [6.07, 6.45) is 0. The molecule has 2 aromatic heterocycles. The number of hydrogen-bond donors (Lipinski definition) is 2. The van der Waals surface area contributed by atoms with E-state index in [1.807, 2.05) is 12.1 Å². The maximum Gasteiger partial charge on any atom is 0.0907 e. The standard InChI is InChI=1S/C9H10N2S2/c10-8-3-4-9(13-8)11-6-7-2-1-5-12-7/h1-5,11H,6,10H2. The molecule has 4 heteroatoms. The average Bonchev–Trinajstić information content (AvgIpc) is 2.71. The predicted octanol–water partition coefficient (Wildman–Crippen LogP) is 3.00. The molecule has 0 amide bonds. The van der Waals surface area contributed by atoms with Crippen molar-refractivity contribution < 1.29 is 0 Å². The van der Waals surface area contributed by atoms with E-state index in [-0.39, 0.29) is 0 Å². The van der Waals surface area contributed by atoms with Crippen molar-refractivity contribution in [2.75, 3.05) is 11.1 Å². The molecule has 0 radical (unpaired) electrons. The van der Waals surface area contributed by atoms with Crippen LogP contribution in [0.2, 0.25) is 0 Å². The summed E-state index contributed by atoms with van der Waals surface area (Å²) in [5.74, 6) is 0. The average molecular weight is 210 g/mol. The first-order valence-electron chi connectivity index (χ1n) is 3.96. The Hall–Kier alpha value is -1.00. The second kappa shape index (κ2) is 3.81. The molecule has 2 nitrogen and oxygen atoms in total. The summed E-state index contributed by atoms with van der Waals surface area (Å²) in [5.41, 5.74) is 5.61. The van der Waals surface area contributed by atoms with Crippen LogP contribution in [0.1, 0.15) is 4.88 Å². The molecule has 2 heterocycles. The number of anilines is 2. The minimum Gasteiger partial charge on any atom is -0.391 e. The van der Waals surface area contributed by atoms with Crippen LogP contribution in [0.15, 0.2) is 29.6 Å². The summed E-state index contributed by atoms with van der Waals surface area (Å²) in [6, 6.07) is 8.11. The molecule has 0 aliphatic rings. The van der Waals surface area contributed by atoms with Crippen LogP contribution in [-0.4, -0.2) is 0 Å². The van der Waals surface area contributed by atoms with Gasteiger partial charge in [0.25, 0.3) is 0 Å². The van der Waals surface area contributed by atoms with Gasteiger partial charge in [-0.15, -0.1) is 22.7 Å². The van der Waals surface area contributed by atoms with Gasteiger partial charge in [0, 0.05) is 4.88 Å². The molecule has 0 fully saturated rings. The van der Waals surface area contributed by atoms with Crippen molar-refractivity contribution in [1.82, 2.24) is 0 Å². The smallest absolute Gasteiger partial charge is 0.0907 e. The summed E-state index contributed by atoms with van der Waals surface area (Å²) >= 11 is 3.34. The molecule has 0 saturated carbocycles. The molecule has 0 atom stereocenters. The van der Waals surface area contributed by atoms with E-state index in [9.17, 15) is 0 Å². The van der Waals surface area contributed by atoms with E-state index in [2.05, 4.69) is 22.8 Å². The summed E-state index contributed by atoms with van der Waals surface area (Å²) in [4.78, 5) is 1.34. The van der Waals surface area contributed by atoms with E-state index >= 15 is 0 Å². The van der Waals surface area contributed by atoms with E-state index in [0.717, 1.165) is 16.5 Å². The lowest BCUT2D eigenvalue weighted by atomic mass is 10.4. The Bertz CT molecular complexity index is 365. The number of thiophene rings is 2. The first-order valence-corrected chi connectivity index (χ1v) is 5.66. The number of hydrogen-bond acceptors (Lipinski definition) is 4. The van der Waals surface area contributed by atoms with Crippen LogP contribution in [0, 0.1) is 0 Å². The van der Waals surface area contributed by atoms with Crippen LogP contribution in [0.3, 0.4) is 0 Å². The molecule has 0 aromatic carbocycles. The second-order valence-corrected chi connectivity index (χ2v) is 4.78. The third kappa shape index (κ3) is 2.23. The van der Waals surface area contributed by atoms with E-state index in [4.69, 9.17) is 5.73 Å². The quantitative estimate of drug-likeness (QED) is 0.817. The zero-order valence-electron chi connectivity index (χ0n) is 6.99. The molecular weight excluding hydrogens is 200 g/mol. The number of rotatable bonds is 3. The van der Waals surface area contributed by atoms with Gasteiger partial charge in [0.05, 0.1) is 16.5 Å².